The molecule has 1 aromatic rings. The minimum atomic E-state index is -0.554. The predicted molar refractivity (Wildman–Crippen MR) is 82.3 cm³/mol. The van der Waals surface area contributed by atoms with Crippen LogP contribution >= 0.6 is 0 Å². The Morgan fingerprint density at radius 1 is 0.870 bits per heavy atom. The molecule has 0 spiro atoms. The van der Waals surface area contributed by atoms with Gasteiger partial charge in [0.1, 0.15) is 0 Å². The maximum atomic E-state index is 12.2. The summed E-state index contributed by atoms with van der Waals surface area (Å²) in [5.74, 6) is -1.11. The highest BCUT2D eigenvalue weighted by Crippen LogP contribution is 2.25. The normalized spacial score (nSPS) is 10.5. The highest BCUT2D eigenvalue weighted by molar-refractivity contribution is 5.99. The number of rotatable bonds is 8. The van der Waals surface area contributed by atoms with E-state index in [1.807, 2.05) is 6.92 Å². The molecule has 1 rings (SSSR count). The standard InChI is InChI=1S/C16H23NO6/c1-6-7-10-13(15(18)22-4)11(8-20-2)17-12(9-21-3)14(10)16(19)23-5/h6-9H2,1-5H3. The molecule has 0 amide bonds. The number of carbonyl (C=O) groups is 2. The van der Waals surface area contributed by atoms with Crippen molar-refractivity contribution in [2.24, 2.45) is 0 Å². The van der Waals surface area contributed by atoms with Crippen LogP contribution in [0.4, 0.5) is 0 Å². The Balaban J connectivity index is 3.75. The zero-order chi connectivity index (χ0) is 17.4. The van der Waals surface area contributed by atoms with Crippen LogP contribution in [0.5, 0.6) is 0 Å². The number of methoxy groups -OCH3 is 4. The molecule has 0 aromatic carbocycles. The van der Waals surface area contributed by atoms with Crippen LogP contribution in [-0.4, -0.2) is 45.4 Å². The second-order valence-corrected chi connectivity index (χ2v) is 4.83. The minimum Gasteiger partial charge on any atom is -0.465 e. The molecule has 1 aromatic heterocycles. The topological polar surface area (TPSA) is 84.0 Å². The molecule has 0 aliphatic carbocycles. The van der Waals surface area contributed by atoms with Crippen molar-refractivity contribution in [3.05, 3.63) is 28.1 Å². The molecule has 0 atom stereocenters. The molecular weight excluding hydrogens is 302 g/mol. The molecule has 0 aliphatic rings. The van der Waals surface area contributed by atoms with Gasteiger partial charge in [-0.15, -0.1) is 0 Å². The van der Waals surface area contributed by atoms with Gasteiger partial charge in [0.2, 0.25) is 0 Å². The van der Waals surface area contributed by atoms with Crippen molar-refractivity contribution in [1.82, 2.24) is 4.98 Å². The van der Waals surface area contributed by atoms with Gasteiger partial charge in [0.05, 0.1) is 49.9 Å². The van der Waals surface area contributed by atoms with Crippen LogP contribution in [0.25, 0.3) is 0 Å². The highest BCUT2D eigenvalue weighted by atomic mass is 16.5. The zero-order valence-electron chi connectivity index (χ0n) is 14.2. The summed E-state index contributed by atoms with van der Waals surface area (Å²) in [5, 5.41) is 0. The van der Waals surface area contributed by atoms with E-state index in [9.17, 15) is 9.59 Å². The van der Waals surface area contributed by atoms with Crippen LogP contribution in [0, 0.1) is 0 Å². The first-order valence-corrected chi connectivity index (χ1v) is 7.24. The molecule has 7 heteroatoms. The molecule has 0 aliphatic heterocycles. The number of pyridine rings is 1. The summed E-state index contributed by atoms with van der Waals surface area (Å²) < 4.78 is 20.0. The maximum Gasteiger partial charge on any atom is 0.340 e. The van der Waals surface area contributed by atoms with Crippen molar-refractivity contribution in [3.63, 3.8) is 0 Å². The van der Waals surface area contributed by atoms with E-state index in [1.54, 1.807) is 0 Å². The van der Waals surface area contributed by atoms with E-state index in [0.29, 0.717) is 23.4 Å². The summed E-state index contributed by atoms with van der Waals surface area (Å²) in [6, 6.07) is 0. The van der Waals surface area contributed by atoms with Crippen molar-refractivity contribution in [1.29, 1.82) is 0 Å². The molecule has 0 unspecified atom stereocenters. The van der Waals surface area contributed by atoms with Gasteiger partial charge in [-0.25, -0.2) is 9.59 Å². The molecule has 0 saturated heterocycles. The third-order valence-electron chi connectivity index (χ3n) is 3.29. The molecule has 0 saturated carbocycles. The third kappa shape index (κ3) is 4.27. The van der Waals surface area contributed by atoms with E-state index in [0.717, 1.165) is 6.42 Å². The largest absolute Gasteiger partial charge is 0.465 e. The van der Waals surface area contributed by atoms with Crippen LogP contribution in [0.2, 0.25) is 0 Å². The summed E-state index contributed by atoms with van der Waals surface area (Å²) >= 11 is 0. The summed E-state index contributed by atoms with van der Waals surface area (Å²) in [4.78, 5) is 28.9. The second kappa shape index (κ2) is 9.22. The van der Waals surface area contributed by atoms with Gasteiger partial charge in [-0.3, -0.25) is 4.98 Å². The molecular formula is C16H23NO6. The Morgan fingerprint density at radius 2 is 1.30 bits per heavy atom. The van der Waals surface area contributed by atoms with Gasteiger partial charge < -0.3 is 18.9 Å². The van der Waals surface area contributed by atoms with Crippen molar-refractivity contribution < 1.29 is 28.5 Å². The van der Waals surface area contributed by atoms with Crippen molar-refractivity contribution in [3.8, 4) is 0 Å². The molecule has 0 fully saturated rings. The zero-order valence-corrected chi connectivity index (χ0v) is 14.2. The Hall–Kier alpha value is -1.99. The summed E-state index contributed by atoms with van der Waals surface area (Å²) in [5.41, 5.74) is 1.92. The van der Waals surface area contributed by atoms with E-state index in [-0.39, 0.29) is 24.3 Å². The lowest BCUT2D eigenvalue weighted by atomic mass is 9.94. The van der Waals surface area contributed by atoms with E-state index in [2.05, 4.69) is 4.98 Å². The van der Waals surface area contributed by atoms with Gasteiger partial charge in [0.25, 0.3) is 0 Å². The molecule has 0 radical (unpaired) electrons. The SMILES string of the molecule is CCCc1c(C(=O)OC)c(COC)nc(COC)c1C(=O)OC. The van der Waals surface area contributed by atoms with Gasteiger partial charge in [-0.05, 0) is 12.0 Å². The van der Waals surface area contributed by atoms with E-state index in [4.69, 9.17) is 18.9 Å². The summed E-state index contributed by atoms with van der Waals surface area (Å²) in [7, 11) is 5.59. The first kappa shape index (κ1) is 19.1. The monoisotopic (exact) mass is 325 g/mol. The van der Waals surface area contributed by atoms with Gasteiger partial charge >= 0.3 is 11.9 Å². The lowest BCUT2D eigenvalue weighted by Gasteiger charge is -2.18. The highest BCUT2D eigenvalue weighted by Gasteiger charge is 2.28. The number of hydrogen-bond donors (Lipinski definition) is 0. The first-order valence-electron chi connectivity index (χ1n) is 7.24. The predicted octanol–water partition coefficient (Wildman–Crippen LogP) is 1.90. The van der Waals surface area contributed by atoms with Crippen molar-refractivity contribution in [2.75, 3.05) is 28.4 Å². The average molecular weight is 325 g/mol. The van der Waals surface area contributed by atoms with Gasteiger partial charge in [-0.1, -0.05) is 13.3 Å². The lowest BCUT2D eigenvalue weighted by molar-refractivity contribution is 0.0587. The Morgan fingerprint density at radius 3 is 1.61 bits per heavy atom. The van der Waals surface area contributed by atoms with E-state index < -0.39 is 11.9 Å². The summed E-state index contributed by atoms with van der Waals surface area (Å²) in [6.45, 7) is 2.20. The number of hydrogen-bond acceptors (Lipinski definition) is 7. The fourth-order valence-corrected chi connectivity index (χ4v) is 2.42. The second-order valence-electron chi connectivity index (χ2n) is 4.83. The molecule has 0 N–H and O–H groups in total. The van der Waals surface area contributed by atoms with Crippen molar-refractivity contribution >= 4 is 11.9 Å². The third-order valence-corrected chi connectivity index (χ3v) is 3.29. The summed E-state index contributed by atoms with van der Waals surface area (Å²) in [6.07, 6.45) is 1.24. The minimum absolute atomic E-state index is 0.124. The molecule has 23 heavy (non-hydrogen) atoms. The van der Waals surface area contributed by atoms with Gasteiger partial charge in [0, 0.05) is 14.2 Å². The number of ether oxygens (including phenoxy) is 4. The smallest absolute Gasteiger partial charge is 0.340 e. The van der Waals surface area contributed by atoms with Crippen LogP contribution in [0.3, 0.4) is 0 Å². The number of carbonyl (C=O) groups excluding carboxylic acids is 2. The molecule has 1 heterocycles. The average Bonchev–Trinajstić information content (AvgIpc) is 2.54. The maximum absolute atomic E-state index is 12.2. The first-order chi connectivity index (χ1) is 11.0. The van der Waals surface area contributed by atoms with E-state index in [1.165, 1.54) is 28.4 Å². The number of aromatic nitrogens is 1. The van der Waals surface area contributed by atoms with Crippen molar-refractivity contribution in [2.45, 2.75) is 33.0 Å². The quantitative estimate of drug-likeness (QED) is 0.675. The fraction of sp³-hybridized carbons (Fsp3) is 0.562. The lowest BCUT2D eigenvalue weighted by Crippen LogP contribution is -2.21. The fourth-order valence-electron chi connectivity index (χ4n) is 2.42. The van der Waals surface area contributed by atoms with Crippen LogP contribution in [0.1, 0.15) is 51.0 Å². The Bertz CT molecular complexity index is 526. The Kier molecular flexibility index (Phi) is 7.64. The molecule has 7 nitrogen and oxygen atoms in total. The van der Waals surface area contributed by atoms with Gasteiger partial charge in [-0.2, -0.15) is 0 Å². The van der Waals surface area contributed by atoms with Crippen LogP contribution in [-0.2, 0) is 38.6 Å². The van der Waals surface area contributed by atoms with Crippen LogP contribution < -0.4 is 0 Å². The Labute approximate surface area is 135 Å². The molecule has 0 bridgehead atoms. The number of esters is 2. The van der Waals surface area contributed by atoms with Crippen LogP contribution in [0.15, 0.2) is 0 Å². The number of nitrogens with zero attached hydrogens (tertiary/aromatic N) is 1. The van der Waals surface area contributed by atoms with Gasteiger partial charge in [0.15, 0.2) is 0 Å². The van der Waals surface area contributed by atoms with E-state index >= 15 is 0 Å². The molecule has 128 valence electrons.